The van der Waals surface area contributed by atoms with Gasteiger partial charge < -0.3 is 14.4 Å². The normalized spacial score (nSPS) is 15.3. The van der Waals surface area contributed by atoms with Crippen LogP contribution >= 0.6 is 11.8 Å². The van der Waals surface area contributed by atoms with E-state index in [1.807, 2.05) is 35.2 Å². The molecule has 0 fully saturated rings. The number of carbonyl (C=O) groups excluding carboxylic acids is 1. The smallest absolute Gasteiger partial charge is 0.233 e. The summed E-state index contributed by atoms with van der Waals surface area (Å²) in [5.74, 6) is 1.96. The van der Waals surface area contributed by atoms with Crippen LogP contribution in [0.1, 0.15) is 28.3 Å². The number of nitrogens with zero attached hydrogens (tertiary/aromatic N) is 1. The lowest BCUT2D eigenvalue weighted by atomic mass is 9.87. The second-order valence-corrected chi connectivity index (χ2v) is 8.71. The van der Waals surface area contributed by atoms with E-state index in [2.05, 4.69) is 43.3 Å². The van der Waals surface area contributed by atoms with Gasteiger partial charge in [0.1, 0.15) is 0 Å². The average Bonchev–Trinajstić information content (AvgIpc) is 2.82. The van der Waals surface area contributed by atoms with Crippen LogP contribution in [-0.2, 0) is 11.2 Å². The fourth-order valence-corrected chi connectivity index (χ4v) is 4.86. The highest BCUT2D eigenvalue weighted by atomic mass is 32.2. The van der Waals surface area contributed by atoms with E-state index in [0.717, 1.165) is 28.2 Å². The summed E-state index contributed by atoms with van der Waals surface area (Å²) in [5, 5.41) is 0. The molecular formula is C26H27NO3S. The summed E-state index contributed by atoms with van der Waals surface area (Å²) in [6, 6.07) is 22.5. The minimum absolute atomic E-state index is 0.139. The molecule has 5 heteroatoms. The van der Waals surface area contributed by atoms with Crippen LogP contribution in [0.5, 0.6) is 11.5 Å². The van der Waals surface area contributed by atoms with Crippen LogP contribution in [0.3, 0.4) is 0 Å². The quantitative estimate of drug-likeness (QED) is 0.496. The van der Waals surface area contributed by atoms with E-state index in [-0.39, 0.29) is 11.9 Å². The topological polar surface area (TPSA) is 38.8 Å². The number of ether oxygens (including phenoxy) is 2. The average molecular weight is 434 g/mol. The van der Waals surface area contributed by atoms with Crippen molar-refractivity contribution in [3.05, 3.63) is 89.0 Å². The molecule has 1 atom stereocenters. The van der Waals surface area contributed by atoms with Crippen molar-refractivity contribution in [2.24, 2.45) is 0 Å². The van der Waals surface area contributed by atoms with Gasteiger partial charge in [0.05, 0.1) is 26.0 Å². The van der Waals surface area contributed by atoms with Crippen molar-refractivity contribution in [1.29, 1.82) is 0 Å². The van der Waals surface area contributed by atoms with E-state index >= 15 is 0 Å². The van der Waals surface area contributed by atoms with Gasteiger partial charge in [-0.3, -0.25) is 4.79 Å². The first-order valence-electron chi connectivity index (χ1n) is 10.4. The molecule has 4 nitrogen and oxygen atoms in total. The minimum Gasteiger partial charge on any atom is -0.493 e. The number of amides is 1. The van der Waals surface area contributed by atoms with Crippen molar-refractivity contribution in [2.75, 3.05) is 26.5 Å². The van der Waals surface area contributed by atoms with Crippen LogP contribution in [0.4, 0.5) is 0 Å². The van der Waals surface area contributed by atoms with E-state index in [1.165, 1.54) is 11.1 Å². The predicted octanol–water partition coefficient (Wildman–Crippen LogP) is 5.28. The van der Waals surface area contributed by atoms with Crippen molar-refractivity contribution >= 4 is 17.7 Å². The highest BCUT2D eigenvalue weighted by molar-refractivity contribution is 8.00. The second-order valence-electron chi connectivity index (χ2n) is 7.66. The Morgan fingerprint density at radius 1 is 1.00 bits per heavy atom. The molecule has 0 saturated heterocycles. The fraction of sp³-hybridized carbons (Fsp3) is 0.269. The number of fused-ring (bicyclic) bond motifs is 1. The monoisotopic (exact) mass is 433 g/mol. The Hall–Kier alpha value is -2.92. The summed E-state index contributed by atoms with van der Waals surface area (Å²) < 4.78 is 11.1. The largest absolute Gasteiger partial charge is 0.493 e. The summed E-state index contributed by atoms with van der Waals surface area (Å²) in [4.78, 5) is 16.5. The van der Waals surface area contributed by atoms with Crippen LogP contribution in [0.15, 0.2) is 71.6 Å². The van der Waals surface area contributed by atoms with Crippen LogP contribution in [0, 0.1) is 6.92 Å². The maximum absolute atomic E-state index is 13.4. The van der Waals surface area contributed by atoms with Gasteiger partial charge >= 0.3 is 0 Å². The SMILES string of the molecule is COc1cc2c(cc1OC)C(c1ccccc1)N(C(=O)CSc1ccc(C)cc1)CC2. The van der Waals surface area contributed by atoms with Crippen LogP contribution < -0.4 is 9.47 Å². The van der Waals surface area contributed by atoms with E-state index in [0.29, 0.717) is 18.0 Å². The fourth-order valence-electron chi connectivity index (χ4n) is 4.07. The molecular weight excluding hydrogens is 406 g/mol. The van der Waals surface area contributed by atoms with Crippen molar-refractivity contribution in [1.82, 2.24) is 4.90 Å². The number of aryl methyl sites for hydroxylation is 1. The van der Waals surface area contributed by atoms with Crippen LogP contribution in [0.25, 0.3) is 0 Å². The first-order valence-corrected chi connectivity index (χ1v) is 11.4. The lowest BCUT2D eigenvalue weighted by molar-refractivity contribution is -0.130. The number of hydrogen-bond donors (Lipinski definition) is 0. The van der Waals surface area contributed by atoms with Gasteiger partial charge in [0.25, 0.3) is 0 Å². The first kappa shape index (κ1) is 21.3. The summed E-state index contributed by atoms with van der Waals surface area (Å²) in [6.45, 7) is 2.74. The Morgan fingerprint density at radius 2 is 1.68 bits per heavy atom. The number of rotatable bonds is 6. The molecule has 1 heterocycles. The molecule has 1 unspecified atom stereocenters. The lowest BCUT2D eigenvalue weighted by Gasteiger charge is -2.38. The van der Waals surface area contributed by atoms with Gasteiger partial charge in [0.15, 0.2) is 11.5 Å². The summed E-state index contributed by atoms with van der Waals surface area (Å²) in [6.07, 6.45) is 0.792. The Balaban J connectivity index is 1.66. The highest BCUT2D eigenvalue weighted by Gasteiger charge is 2.33. The molecule has 1 aliphatic rings. The highest BCUT2D eigenvalue weighted by Crippen LogP contribution is 2.41. The van der Waals surface area contributed by atoms with Crippen LogP contribution in [-0.4, -0.2) is 37.3 Å². The van der Waals surface area contributed by atoms with Gasteiger partial charge in [-0.05, 0) is 54.3 Å². The van der Waals surface area contributed by atoms with E-state index in [9.17, 15) is 4.79 Å². The maximum atomic E-state index is 13.4. The number of thioether (sulfide) groups is 1. The van der Waals surface area contributed by atoms with Gasteiger partial charge in [0, 0.05) is 11.4 Å². The molecule has 0 aliphatic carbocycles. The molecule has 0 saturated carbocycles. The molecule has 0 spiro atoms. The Labute approximate surface area is 188 Å². The summed E-state index contributed by atoms with van der Waals surface area (Å²) >= 11 is 1.59. The Morgan fingerprint density at radius 3 is 2.35 bits per heavy atom. The lowest BCUT2D eigenvalue weighted by Crippen LogP contribution is -2.41. The van der Waals surface area contributed by atoms with Gasteiger partial charge in [-0.25, -0.2) is 0 Å². The molecule has 1 aliphatic heterocycles. The molecule has 160 valence electrons. The first-order chi connectivity index (χ1) is 15.1. The molecule has 0 bridgehead atoms. The van der Waals surface area contributed by atoms with Gasteiger partial charge in [-0.15, -0.1) is 11.8 Å². The van der Waals surface area contributed by atoms with Gasteiger partial charge in [-0.1, -0.05) is 48.0 Å². The third-order valence-electron chi connectivity index (χ3n) is 5.69. The van der Waals surface area contributed by atoms with Crippen molar-refractivity contribution in [3.8, 4) is 11.5 Å². The predicted molar refractivity (Wildman–Crippen MR) is 125 cm³/mol. The molecule has 0 N–H and O–H groups in total. The number of benzene rings is 3. The van der Waals surface area contributed by atoms with Gasteiger partial charge in [-0.2, -0.15) is 0 Å². The Kier molecular flexibility index (Phi) is 6.52. The third-order valence-corrected chi connectivity index (χ3v) is 6.69. The maximum Gasteiger partial charge on any atom is 0.233 e. The zero-order valence-electron chi connectivity index (χ0n) is 18.1. The summed E-state index contributed by atoms with van der Waals surface area (Å²) in [5.41, 5.74) is 4.62. The van der Waals surface area contributed by atoms with Crippen molar-refractivity contribution in [3.63, 3.8) is 0 Å². The molecule has 1 amide bonds. The second kappa shape index (κ2) is 9.48. The summed E-state index contributed by atoms with van der Waals surface area (Å²) in [7, 11) is 3.30. The molecule has 31 heavy (non-hydrogen) atoms. The molecule has 0 aromatic heterocycles. The Bertz CT molecular complexity index is 1050. The third kappa shape index (κ3) is 4.57. The number of carbonyl (C=O) groups is 1. The van der Waals surface area contributed by atoms with Crippen molar-refractivity contribution < 1.29 is 14.3 Å². The molecule has 3 aromatic carbocycles. The zero-order chi connectivity index (χ0) is 21.8. The van der Waals surface area contributed by atoms with E-state index in [4.69, 9.17) is 9.47 Å². The molecule has 4 rings (SSSR count). The van der Waals surface area contributed by atoms with E-state index in [1.54, 1.807) is 26.0 Å². The molecule has 0 radical (unpaired) electrons. The van der Waals surface area contributed by atoms with Crippen LogP contribution in [0.2, 0.25) is 0 Å². The van der Waals surface area contributed by atoms with Gasteiger partial charge in [0.2, 0.25) is 5.91 Å². The standard InChI is InChI=1S/C26H27NO3S/c1-18-9-11-21(12-10-18)31-17-25(28)27-14-13-20-15-23(29-2)24(30-3)16-22(20)26(27)19-7-5-4-6-8-19/h4-12,15-16,26H,13-14,17H2,1-3H3. The number of methoxy groups -OCH3 is 2. The zero-order valence-corrected chi connectivity index (χ0v) is 18.9. The molecule has 3 aromatic rings. The minimum atomic E-state index is -0.143. The number of hydrogen-bond acceptors (Lipinski definition) is 4. The van der Waals surface area contributed by atoms with E-state index < -0.39 is 0 Å². The van der Waals surface area contributed by atoms with Crippen molar-refractivity contribution in [2.45, 2.75) is 24.3 Å².